The summed E-state index contributed by atoms with van der Waals surface area (Å²) in [6.07, 6.45) is 5.14. The summed E-state index contributed by atoms with van der Waals surface area (Å²) in [5, 5.41) is 19.7. The van der Waals surface area contributed by atoms with Crippen LogP contribution in [0, 0.1) is 0 Å². The number of anilines is 1. The number of benzene rings is 1. The van der Waals surface area contributed by atoms with Crippen molar-refractivity contribution in [3.8, 4) is 11.6 Å². The van der Waals surface area contributed by atoms with Crippen molar-refractivity contribution in [1.29, 1.82) is 0 Å². The van der Waals surface area contributed by atoms with E-state index >= 15 is 0 Å². The molecule has 1 amide bonds. The predicted octanol–water partition coefficient (Wildman–Crippen LogP) is 3.65. The molecule has 1 aliphatic carbocycles. The fourth-order valence-corrected chi connectivity index (χ4v) is 5.96. The highest BCUT2D eigenvalue weighted by atomic mass is 32.2. The molecule has 0 saturated heterocycles. The number of carbonyl (C=O) groups excluding carboxylic acids is 2. The second-order valence-corrected chi connectivity index (χ2v) is 9.74. The molecule has 174 valence electrons. The van der Waals surface area contributed by atoms with Gasteiger partial charge in [-0.05, 0) is 42.9 Å². The molecule has 4 rings (SSSR count). The lowest BCUT2D eigenvalue weighted by molar-refractivity contribution is -0.705. The number of aryl methyl sites for hydroxylation is 1. The molecule has 0 unspecified atom stereocenters. The van der Waals surface area contributed by atoms with E-state index in [2.05, 4.69) is 10.6 Å². The number of fused-ring (bicyclic) bond motifs is 1. The highest BCUT2D eigenvalue weighted by Gasteiger charge is 2.27. The first-order chi connectivity index (χ1) is 16.1. The maximum atomic E-state index is 12.7. The smallest absolute Gasteiger partial charge is 0.341 e. The second-order valence-electron chi connectivity index (χ2n) is 7.55. The van der Waals surface area contributed by atoms with E-state index in [1.807, 2.05) is 30.3 Å². The number of aromatic nitrogens is 2. The Hall–Kier alpha value is -2.85. The fraction of sp³-hybridized carbons (Fsp3) is 0.391. The molecule has 0 fully saturated rings. The Labute approximate surface area is 199 Å². The zero-order valence-corrected chi connectivity index (χ0v) is 19.9. The van der Waals surface area contributed by atoms with Crippen molar-refractivity contribution >= 4 is 40.0 Å². The van der Waals surface area contributed by atoms with Gasteiger partial charge in [-0.3, -0.25) is 4.79 Å². The molecule has 0 aliphatic heterocycles. The summed E-state index contributed by atoms with van der Waals surface area (Å²) in [7, 11) is 0. The van der Waals surface area contributed by atoms with Gasteiger partial charge in [0.2, 0.25) is 11.6 Å². The Morgan fingerprint density at radius 1 is 1.24 bits per heavy atom. The number of ether oxygens (including phenoxy) is 1. The summed E-state index contributed by atoms with van der Waals surface area (Å²) in [6, 6.07) is 9.18. The maximum Gasteiger partial charge on any atom is 0.341 e. The van der Waals surface area contributed by atoms with Crippen molar-refractivity contribution in [2.75, 3.05) is 17.7 Å². The molecule has 0 spiro atoms. The molecule has 0 radical (unpaired) electrons. The van der Waals surface area contributed by atoms with Crippen LogP contribution in [-0.4, -0.2) is 29.5 Å². The fourth-order valence-electron chi connectivity index (χ4n) is 3.77. The molecule has 1 aliphatic rings. The van der Waals surface area contributed by atoms with Crippen molar-refractivity contribution in [1.82, 2.24) is 5.27 Å². The van der Waals surface area contributed by atoms with Crippen molar-refractivity contribution in [3.63, 3.8) is 0 Å². The number of para-hydroxylation sites is 1. The minimum Gasteiger partial charge on any atom is -0.538 e. The molecule has 0 saturated carbocycles. The summed E-state index contributed by atoms with van der Waals surface area (Å²) < 4.78 is 11.5. The van der Waals surface area contributed by atoms with Crippen LogP contribution in [0.3, 0.4) is 0 Å². The first-order valence-electron chi connectivity index (χ1n) is 11.0. The maximum absolute atomic E-state index is 12.7. The largest absolute Gasteiger partial charge is 0.538 e. The Bertz CT molecular complexity index is 1130. The van der Waals surface area contributed by atoms with Crippen LogP contribution in [0.1, 0.15) is 53.4 Å². The van der Waals surface area contributed by atoms with E-state index in [9.17, 15) is 14.7 Å². The van der Waals surface area contributed by atoms with Crippen LogP contribution in [0.4, 0.5) is 5.00 Å². The van der Waals surface area contributed by atoms with Crippen molar-refractivity contribution in [2.45, 2.75) is 50.5 Å². The zero-order valence-electron chi connectivity index (χ0n) is 18.3. The minimum absolute atomic E-state index is 0.162. The van der Waals surface area contributed by atoms with Gasteiger partial charge in [-0.15, -0.1) is 11.3 Å². The number of thioether (sulfide) groups is 1. The SMILES string of the molecule is CCOC(=O)c1c(NC(=O)CCSc2c([O-])on[n+]2-c2ccccc2)sc2c1CCCCC2. The van der Waals surface area contributed by atoms with Crippen molar-refractivity contribution in [3.05, 3.63) is 46.3 Å². The summed E-state index contributed by atoms with van der Waals surface area (Å²) >= 11 is 2.68. The van der Waals surface area contributed by atoms with E-state index < -0.39 is 5.95 Å². The minimum atomic E-state index is -0.546. The van der Waals surface area contributed by atoms with Crippen molar-refractivity contribution < 1.29 is 28.6 Å². The van der Waals surface area contributed by atoms with Crippen molar-refractivity contribution in [2.24, 2.45) is 0 Å². The molecule has 10 heteroatoms. The zero-order chi connectivity index (χ0) is 23.2. The van der Waals surface area contributed by atoms with Crippen LogP contribution in [0.25, 0.3) is 5.69 Å². The summed E-state index contributed by atoms with van der Waals surface area (Å²) in [5.74, 6) is -0.795. The number of nitrogens with one attached hydrogen (secondary N) is 1. The number of carbonyl (C=O) groups is 2. The van der Waals surface area contributed by atoms with E-state index in [1.54, 1.807) is 6.92 Å². The molecule has 2 heterocycles. The normalized spacial score (nSPS) is 13.2. The Balaban J connectivity index is 1.43. The molecule has 0 bridgehead atoms. The van der Waals surface area contributed by atoms with Gasteiger partial charge >= 0.3 is 5.97 Å². The van der Waals surface area contributed by atoms with Gasteiger partial charge in [0.1, 0.15) is 5.00 Å². The highest BCUT2D eigenvalue weighted by molar-refractivity contribution is 7.99. The Kier molecular flexibility index (Phi) is 7.66. The number of rotatable bonds is 8. The Morgan fingerprint density at radius 2 is 2.03 bits per heavy atom. The number of nitrogens with zero attached hydrogens (tertiary/aromatic N) is 2. The second kappa shape index (κ2) is 10.8. The average molecular weight is 488 g/mol. The van der Waals surface area contributed by atoms with E-state index in [0.717, 1.165) is 42.5 Å². The number of amides is 1. The molecule has 8 nitrogen and oxygen atoms in total. The molecule has 33 heavy (non-hydrogen) atoms. The summed E-state index contributed by atoms with van der Waals surface area (Å²) in [4.78, 5) is 26.5. The number of thiophene rings is 1. The number of hydrogen-bond acceptors (Lipinski definition) is 8. The van der Waals surface area contributed by atoms with Gasteiger partial charge in [0.15, 0.2) is 5.95 Å². The first-order valence-corrected chi connectivity index (χ1v) is 12.8. The average Bonchev–Trinajstić information content (AvgIpc) is 3.25. The monoisotopic (exact) mass is 487 g/mol. The van der Waals surface area contributed by atoms with Gasteiger partial charge in [-0.1, -0.05) is 36.4 Å². The highest BCUT2D eigenvalue weighted by Crippen LogP contribution is 2.38. The van der Waals surface area contributed by atoms with Gasteiger partial charge in [0.25, 0.3) is 5.03 Å². The third-order valence-electron chi connectivity index (χ3n) is 5.29. The molecular formula is C23H25N3O5S2. The van der Waals surface area contributed by atoms with Crippen LogP contribution < -0.4 is 15.1 Å². The molecule has 3 aromatic rings. The van der Waals surface area contributed by atoms with Gasteiger partial charge in [-0.2, -0.15) is 0 Å². The van der Waals surface area contributed by atoms with E-state index in [-0.39, 0.29) is 24.9 Å². The third-order valence-corrected chi connectivity index (χ3v) is 7.52. The number of esters is 1. The molecule has 1 aromatic carbocycles. The van der Waals surface area contributed by atoms with E-state index in [0.29, 0.717) is 27.0 Å². The van der Waals surface area contributed by atoms with E-state index in [1.165, 1.54) is 27.8 Å². The lowest BCUT2D eigenvalue weighted by Crippen LogP contribution is -2.34. The van der Waals surface area contributed by atoms with Crippen LogP contribution in [-0.2, 0) is 22.4 Å². The predicted molar refractivity (Wildman–Crippen MR) is 123 cm³/mol. The van der Waals surface area contributed by atoms with E-state index in [4.69, 9.17) is 9.26 Å². The topological polar surface area (TPSA) is 108 Å². The lowest BCUT2D eigenvalue weighted by Gasteiger charge is -2.08. The summed E-state index contributed by atoms with van der Waals surface area (Å²) in [5.41, 5.74) is 2.22. The standard InChI is InChI=1S/C23H25N3O5S2/c1-2-30-22(28)19-16-11-7-4-8-12-17(16)33-20(19)24-18(27)13-14-32-21-23(29)31-25-26(21)15-9-5-3-6-10-15/h3,5-6,9-10H,2,4,7-8,11-14H2,1H3,(H-,24,25,27,28,29). The quantitative estimate of drug-likeness (QED) is 0.224. The van der Waals surface area contributed by atoms with Crippen LogP contribution in [0.15, 0.2) is 39.9 Å². The molecule has 1 N–H and O–H groups in total. The summed E-state index contributed by atoms with van der Waals surface area (Å²) in [6.45, 7) is 2.06. The lowest BCUT2D eigenvalue weighted by atomic mass is 10.1. The third kappa shape index (κ3) is 5.39. The molecular weight excluding hydrogens is 462 g/mol. The van der Waals surface area contributed by atoms with Gasteiger partial charge in [0.05, 0.1) is 17.4 Å². The first kappa shape index (κ1) is 23.3. The molecule has 0 atom stereocenters. The van der Waals surface area contributed by atoms with Gasteiger partial charge in [0, 0.05) is 29.2 Å². The van der Waals surface area contributed by atoms with Crippen LogP contribution >= 0.6 is 23.1 Å². The van der Waals surface area contributed by atoms with Crippen LogP contribution in [0.2, 0.25) is 0 Å². The van der Waals surface area contributed by atoms with Gasteiger partial charge in [-0.25, -0.2) is 4.79 Å². The van der Waals surface area contributed by atoms with Gasteiger partial charge < -0.3 is 19.7 Å². The van der Waals surface area contributed by atoms with Crippen LogP contribution in [0.5, 0.6) is 5.95 Å². The number of hydrogen-bond donors (Lipinski definition) is 1. The Morgan fingerprint density at radius 3 is 2.82 bits per heavy atom. The molecule has 2 aromatic heterocycles.